The van der Waals surface area contributed by atoms with Crippen molar-refractivity contribution < 1.29 is 13.9 Å². The summed E-state index contributed by atoms with van der Waals surface area (Å²) in [5.41, 5.74) is 7.59. The number of halogens is 1. The van der Waals surface area contributed by atoms with Gasteiger partial charge in [-0.3, -0.25) is 15.0 Å². The van der Waals surface area contributed by atoms with Crippen molar-refractivity contribution in [3.05, 3.63) is 41.5 Å². The van der Waals surface area contributed by atoms with Crippen LogP contribution in [-0.4, -0.2) is 69.1 Å². The van der Waals surface area contributed by atoms with Crippen molar-refractivity contribution in [1.82, 2.24) is 42.3 Å². The lowest BCUT2D eigenvalue weighted by atomic mass is 10.00. The van der Waals surface area contributed by atoms with E-state index in [1.54, 1.807) is 6.07 Å². The lowest BCUT2D eigenvalue weighted by Crippen LogP contribution is -2.58. The number of fused-ring (bicyclic) bond motifs is 1. The Balaban J connectivity index is 1.14. The van der Waals surface area contributed by atoms with Gasteiger partial charge in [0.25, 0.3) is 0 Å². The summed E-state index contributed by atoms with van der Waals surface area (Å²) in [5.74, 6) is 0.746. The zero-order valence-corrected chi connectivity index (χ0v) is 18.8. The van der Waals surface area contributed by atoms with Gasteiger partial charge in [-0.25, -0.2) is 15.2 Å². The molecule has 180 valence electrons. The number of ether oxygens (including phenoxy) is 1. The minimum absolute atomic E-state index is 0.0450. The standard InChI is InChI=1S/C22H33FN8O2/c1-31-20(29-30-21(31)16-5-6-24-12-27-16)10-26-19-8-13(4-7-25-19)22(32)28-17-11-33-18-9-14(23)2-3-15(17)18/h2-3,8-9,13,16-17,20-21,24-27,29-30H,4-7,10-12H2,1H3,(H,28,32)/t13?,16?,17-,20?,21?/m0/s1. The average molecular weight is 461 g/mol. The summed E-state index contributed by atoms with van der Waals surface area (Å²) in [6, 6.07) is 4.57. The van der Waals surface area contributed by atoms with Crippen molar-refractivity contribution in [1.29, 1.82) is 0 Å². The first kappa shape index (κ1) is 22.4. The first-order chi connectivity index (χ1) is 16.1. The highest BCUT2D eigenvalue weighted by Gasteiger charge is 2.36. The minimum atomic E-state index is -0.339. The van der Waals surface area contributed by atoms with Crippen molar-refractivity contribution >= 4 is 5.91 Å². The highest BCUT2D eigenvalue weighted by atomic mass is 19.1. The third kappa shape index (κ3) is 4.92. The van der Waals surface area contributed by atoms with Crippen LogP contribution in [0.1, 0.15) is 24.4 Å². The highest BCUT2D eigenvalue weighted by molar-refractivity contribution is 5.81. The second-order valence-electron chi connectivity index (χ2n) is 9.03. The van der Waals surface area contributed by atoms with E-state index in [0.717, 1.165) is 31.0 Å². The Morgan fingerprint density at radius 1 is 1.27 bits per heavy atom. The van der Waals surface area contributed by atoms with E-state index in [-0.39, 0.29) is 36.0 Å². The molecule has 7 N–H and O–H groups in total. The summed E-state index contributed by atoms with van der Waals surface area (Å²) in [4.78, 5) is 15.2. The molecule has 0 radical (unpaired) electrons. The molecule has 11 heteroatoms. The highest BCUT2D eigenvalue weighted by Crippen LogP contribution is 2.33. The summed E-state index contributed by atoms with van der Waals surface area (Å²) in [6.45, 7) is 3.57. The maximum absolute atomic E-state index is 13.4. The predicted octanol–water partition coefficient (Wildman–Crippen LogP) is -0.983. The third-order valence-corrected chi connectivity index (χ3v) is 6.87. The Kier molecular flexibility index (Phi) is 6.65. The van der Waals surface area contributed by atoms with Crippen molar-refractivity contribution in [3.63, 3.8) is 0 Å². The molecule has 0 saturated carbocycles. The fourth-order valence-corrected chi connectivity index (χ4v) is 4.90. The van der Waals surface area contributed by atoms with Crippen molar-refractivity contribution in [2.24, 2.45) is 5.92 Å². The van der Waals surface area contributed by atoms with Gasteiger partial charge in [0.15, 0.2) is 0 Å². The molecule has 1 amide bonds. The Bertz CT molecular complexity index is 893. The molecule has 2 saturated heterocycles. The van der Waals surface area contributed by atoms with Gasteiger partial charge >= 0.3 is 0 Å². The summed E-state index contributed by atoms with van der Waals surface area (Å²) in [6.07, 6.45) is 4.08. The third-order valence-electron chi connectivity index (χ3n) is 6.87. The number of hydrazine groups is 1. The van der Waals surface area contributed by atoms with E-state index in [9.17, 15) is 9.18 Å². The molecule has 4 unspecified atom stereocenters. The van der Waals surface area contributed by atoms with Crippen molar-refractivity contribution in [2.75, 3.05) is 40.0 Å². The molecule has 4 aliphatic rings. The monoisotopic (exact) mass is 460 g/mol. The first-order valence-corrected chi connectivity index (χ1v) is 11.7. The van der Waals surface area contributed by atoms with E-state index in [1.807, 2.05) is 6.08 Å². The second-order valence-corrected chi connectivity index (χ2v) is 9.03. The topological polar surface area (TPSA) is 114 Å². The molecular weight excluding hydrogens is 427 g/mol. The summed E-state index contributed by atoms with van der Waals surface area (Å²) in [7, 11) is 2.11. The fourth-order valence-electron chi connectivity index (χ4n) is 4.90. The van der Waals surface area contributed by atoms with E-state index < -0.39 is 0 Å². The molecule has 33 heavy (non-hydrogen) atoms. The number of nitrogens with zero attached hydrogens (tertiary/aromatic N) is 1. The maximum atomic E-state index is 13.4. The number of rotatable bonds is 6. The molecule has 0 spiro atoms. The number of likely N-dealkylation sites (N-methyl/N-ethyl adjacent to an activating group) is 1. The van der Waals surface area contributed by atoms with Crippen LogP contribution in [0.3, 0.4) is 0 Å². The summed E-state index contributed by atoms with van der Waals surface area (Å²) >= 11 is 0. The molecule has 0 bridgehead atoms. The number of nitrogens with one attached hydrogen (secondary N) is 7. The van der Waals surface area contributed by atoms with Gasteiger partial charge in [0, 0.05) is 37.4 Å². The van der Waals surface area contributed by atoms with E-state index in [0.29, 0.717) is 37.9 Å². The average Bonchev–Trinajstić information content (AvgIpc) is 3.41. The summed E-state index contributed by atoms with van der Waals surface area (Å²) in [5, 5.41) is 16.7. The Morgan fingerprint density at radius 2 is 2.18 bits per heavy atom. The van der Waals surface area contributed by atoms with Gasteiger partial charge in [0.1, 0.15) is 18.2 Å². The van der Waals surface area contributed by atoms with E-state index in [4.69, 9.17) is 4.74 Å². The van der Waals surface area contributed by atoms with Crippen LogP contribution < -0.4 is 42.2 Å². The zero-order chi connectivity index (χ0) is 22.8. The van der Waals surface area contributed by atoms with E-state index in [2.05, 4.69) is 49.4 Å². The van der Waals surface area contributed by atoms with E-state index in [1.165, 1.54) is 12.1 Å². The minimum Gasteiger partial charge on any atom is -0.491 e. The van der Waals surface area contributed by atoms with Gasteiger partial charge in [-0.05, 0) is 38.6 Å². The number of carbonyl (C=O) groups excluding carboxylic acids is 1. The Morgan fingerprint density at radius 3 is 3.03 bits per heavy atom. The van der Waals surface area contributed by atoms with Crippen LogP contribution in [0, 0.1) is 11.7 Å². The number of hydrogen-bond acceptors (Lipinski definition) is 9. The zero-order valence-electron chi connectivity index (χ0n) is 18.8. The van der Waals surface area contributed by atoms with Crippen molar-refractivity contribution in [2.45, 2.75) is 37.3 Å². The van der Waals surface area contributed by atoms with Crippen LogP contribution in [0.5, 0.6) is 5.75 Å². The molecule has 5 rings (SSSR count). The van der Waals surface area contributed by atoms with Gasteiger partial charge in [-0.1, -0.05) is 6.07 Å². The van der Waals surface area contributed by atoms with Gasteiger partial charge in [0.2, 0.25) is 5.91 Å². The van der Waals surface area contributed by atoms with Crippen LogP contribution in [0.15, 0.2) is 30.1 Å². The molecular formula is C22H33FN8O2. The van der Waals surface area contributed by atoms with Crippen LogP contribution in [0.4, 0.5) is 4.39 Å². The number of amides is 1. The largest absolute Gasteiger partial charge is 0.491 e. The smallest absolute Gasteiger partial charge is 0.227 e. The van der Waals surface area contributed by atoms with Gasteiger partial charge < -0.3 is 26.0 Å². The van der Waals surface area contributed by atoms with Crippen LogP contribution >= 0.6 is 0 Å². The molecule has 1 aromatic carbocycles. The lowest BCUT2D eigenvalue weighted by molar-refractivity contribution is -0.124. The Hall–Kier alpha value is -2.44. The molecule has 5 atom stereocenters. The van der Waals surface area contributed by atoms with Gasteiger partial charge in [-0.2, -0.15) is 0 Å². The molecule has 10 nitrogen and oxygen atoms in total. The van der Waals surface area contributed by atoms with Gasteiger partial charge in [-0.15, -0.1) is 0 Å². The lowest BCUT2D eigenvalue weighted by Gasteiger charge is -2.34. The predicted molar refractivity (Wildman–Crippen MR) is 121 cm³/mol. The molecule has 0 aliphatic carbocycles. The number of hydrogen-bond donors (Lipinski definition) is 7. The van der Waals surface area contributed by atoms with Crippen LogP contribution in [-0.2, 0) is 4.79 Å². The van der Waals surface area contributed by atoms with Crippen LogP contribution in [0.25, 0.3) is 0 Å². The molecule has 4 heterocycles. The number of benzene rings is 1. The maximum Gasteiger partial charge on any atom is 0.227 e. The van der Waals surface area contributed by atoms with Crippen LogP contribution in [0.2, 0.25) is 0 Å². The van der Waals surface area contributed by atoms with E-state index >= 15 is 0 Å². The number of carbonyl (C=O) groups is 1. The summed E-state index contributed by atoms with van der Waals surface area (Å²) < 4.78 is 18.9. The van der Waals surface area contributed by atoms with Gasteiger partial charge in [0.05, 0.1) is 30.1 Å². The Labute approximate surface area is 193 Å². The quantitative estimate of drug-likeness (QED) is 0.288. The molecule has 2 fully saturated rings. The molecule has 4 aliphatic heterocycles. The fraction of sp³-hybridized carbons (Fsp3) is 0.591. The molecule has 0 aromatic heterocycles. The SMILES string of the molecule is CN1C(CNC2=CC(C(=O)N[C@H]3COc4cc(F)ccc43)CCN2)NNC1C1CCNCN1. The second kappa shape index (κ2) is 9.82. The first-order valence-electron chi connectivity index (χ1n) is 11.7. The van der Waals surface area contributed by atoms with Crippen molar-refractivity contribution in [3.8, 4) is 5.75 Å². The normalized spacial score (nSPS) is 31.8. The molecule has 1 aromatic rings.